The number of aryl methyl sites for hydroxylation is 1. The zero-order valence-corrected chi connectivity index (χ0v) is 14.5. The molecule has 0 radical (unpaired) electrons. The second-order valence-electron chi connectivity index (χ2n) is 6.62. The summed E-state index contributed by atoms with van der Waals surface area (Å²) in [5.74, 6) is 1.12. The Bertz CT molecular complexity index is 1030. The monoisotopic (exact) mass is 352 g/mol. The number of fused-ring (bicyclic) bond motifs is 1. The number of rotatable bonds is 2. The lowest BCUT2D eigenvalue weighted by atomic mass is 9.95. The van der Waals surface area contributed by atoms with Gasteiger partial charge in [0.25, 0.3) is 11.5 Å². The molecule has 8 heteroatoms. The average molecular weight is 352 g/mol. The number of anilines is 1. The quantitative estimate of drug-likeness (QED) is 0.721. The Morgan fingerprint density at radius 2 is 2.00 bits per heavy atom. The van der Waals surface area contributed by atoms with Crippen LogP contribution in [-0.2, 0) is 7.05 Å². The number of aromatic amines is 1. The number of benzene rings is 1. The van der Waals surface area contributed by atoms with E-state index in [-0.39, 0.29) is 23.3 Å². The number of piperidine rings is 1. The van der Waals surface area contributed by atoms with Crippen LogP contribution in [0.2, 0.25) is 0 Å². The third kappa shape index (κ3) is 2.73. The summed E-state index contributed by atoms with van der Waals surface area (Å²) in [7, 11) is 1.72. The number of hydrogen-bond acceptors (Lipinski definition) is 5. The van der Waals surface area contributed by atoms with Crippen molar-refractivity contribution in [3.63, 3.8) is 0 Å². The normalized spacial score (nSPS) is 15.5. The van der Waals surface area contributed by atoms with Crippen molar-refractivity contribution in [2.24, 2.45) is 7.05 Å². The van der Waals surface area contributed by atoms with Gasteiger partial charge in [-0.15, -0.1) is 5.10 Å². The molecule has 0 bridgehead atoms. The first kappa shape index (κ1) is 16.3. The maximum atomic E-state index is 13.0. The Hall–Kier alpha value is -3.16. The fourth-order valence-electron chi connectivity index (χ4n) is 3.58. The van der Waals surface area contributed by atoms with Gasteiger partial charge >= 0.3 is 0 Å². The van der Waals surface area contributed by atoms with Crippen molar-refractivity contribution in [1.82, 2.24) is 24.6 Å². The van der Waals surface area contributed by atoms with Crippen LogP contribution >= 0.6 is 0 Å². The molecule has 1 aliphatic heterocycles. The molecule has 3 heterocycles. The topological polar surface area (TPSA) is 110 Å². The zero-order valence-electron chi connectivity index (χ0n) is 14.5. The molecule has 3 aromatic rings. The van der Waals surface area contributed by atoms with Crippen LogP contribution in [-0.4, -0.2) is 43.6 Å². The highest BCUT2D eigenvalue weighted by atomic mass is 16.2. The minimum Gasteiger partial charge on any atom is -0.367 e. The van der Waals surface area contributed by atoms with Crippen LogP contribution < -0.4 is 11.3 Å². The molecule has 1 saturated heterocycles. The van der Waals surface area contributed by atoms with Gasteiger partial charge in [-0.2, -0.15) is 4.98 Å². The maximum Gasteiger partial charge on any atom is 0.254 e. The largest absolute Gasteiger partial charge is 0.367 e. The lowest BCUT2D eigenvalue weighted by Gasteiger charge is -2.31. The number of nitrogen functional groups attached to an aromatic ring is 1. The van der Waals surface area contributed by atoms with Crippen LogP contribution in [0, 0.1) is 0 Å². The van der Waals surface area contributed by atoms with Crippen molar-refractivity contribution in [1.29, 1.82) is 0 Å². The Labute approximate surface area is 149 Å². The first-order valence-corrected chi connectivity index (χ1v) is 8.60. The molecule has 134 valence electrons. The first-order chi connectivity index (χ1) is 12.5. The fourth-order valence-corrected chi connectivity index (χ4v) is 3.58. The number of nitrogens with two attached hydrogens (primary N) is 1. The summed E-state index contributed by atoms with van der Waals surface area (Å²) in [6, 6.07) is 8.92. The summed E-state index contributed by atoms with van der Waals surface area (Å²) in [6.07, 6.45) is 1.56. The van der Waals surface area contributed by atoms with Crippen molar-refractivity contribution in [3.8, 4) is 0 Å². The first-order valence-electron chi connectivity index (χ1n) is 8.60. The molecule has 1 fully saturated rings. The number of hydrogen-bond donors (Lipinski definition) is 2. The van der Waals surface area contributed by atoms with Gasteiger partial charge in [0.2, 0.25) is 5.95 Å². The van der Waals surface area contributed by atoms with Gasteiger partial charge in [0.15, 0.2) is 0 Å². The van der Waals surface area contributed by atoms with E-state index in [2.05, 4.69) is 15.2 Å². The highest BCUT2D eigenvalue weighted by Crippen LogP contribution is 2.27. The molecule has 3 N–H and O–H groups in total. The average Bonchev–Trinajstić information content (AvgIpc) is 3.11. The van der Waals surface area contributed by atoms with E-state index in [0.29, 0.717) is 18.7 Å². The Kier molecular flexibility index (Phi) is 3.95. The highest BCUT2D eigenvalue weighted by molar-refractivity contribution is 6.06. The molecule has 0 unspecified atom stereocenters. The number of nitrogens with one attached hydrogen (secondary N) is 1. The van der Waals surface area contributed by atoms with Gasteiger partial charge in [-0.1, -0.05) is 18.2 Å². The van der Waals surface area contributed by atoms with Crippen molar-refractivity contribution >= 4 is 22.8 Å². The van der Waals surface area contributed by atoms with Crippen molar-refractivity contribution < 1.29 is 4.79 Å². The predicted molar refractivity (Wildman–Crippen MR) is 97.9 cm³/mol. The van der Waals surface area contributed by atoms with Crippen LogP contribution in [0.5, 0.6) is 0 Å². The molecular formula is C18H20N6O2. The molecule has 0 spiro atoms. The lowest BCUT2D eigenvalue weighted by molar-refractivity contribution is 0.0713. The molecule has 0 atom stereocenters. The molecule has 4 rings (SSSR count). The Morgan fingerprint density at radius 3 is 2.69 bits per heavy atom. The molecule has 2 aromatic heterocycles. The van der Waals surface area contributed by atoms with Gasteiger partial charge < -0.3 is 15.2 Å². The summed E-state index contributed by atoms with van der Waals surface area (Å²) >= 11 is 0. The molecule has 0 saturated carbocycles. The number of pyridine rings is 1. The van der Waals surface area contributed by atoms with Crippen molar-refractivity contribution in [2.75, 3.05) is 18.8 Å². The number of aromatic nitrogens is 4. The second-order valence-corrected chi connectivity index (χ2v) is 6.62. The van der Waals surface area contributed by atoms with E-state index in [0.717, 1.165) is 29.6 Å². The number of amides is 1. The van der Waals surface area contributed by atoms with E-state index in [1.165, 1.54) is 6.07 Å². The van der Waals surface area contributed by atoms with Gasteiger partial charge in [0, 0.05) is 37.5 Å². The van der Waals surface area contributed by atoms with Crippen molar-refractivity contribution in [3.05, 3.63) is 52.1 Å². The minimum absolute atomic E-state index is 0.102. The van der Waals surface area contributed by atoms with Gasteiger partial charge in [0.1, 0.15) is 5.82 Å². The number of para-hydroxylation sites is 1. The second kappa shape index (κ2) is 6.29. The summed E-state index contributed by atoms with van der Waals surface area (Å²) in [6.45, 7) is 1.21. The van der Waals surface area contributed by atoms with E-state index in [4.69, 9.17) is 5.73 Å². The summed E-state index contributed by atoms with van der Waals surface area (Å²) in [5, 5.41) is 7.52. The molecular weight excluding hydrogens is 332 g/mol. The minimum atomic E-state index is -0.181. The Balaban J connectivity index is 1.59. The molecule has 8 nitrogen and oxygen atoms in total. The van der Waals surface area contributed by atoms with E-state index >= 15 is 0 Å². The van der Waals surface area contributed by atoms with Crippen LogP contribution in [0.1, 0.15) is 34.9 Å². The van der Waals surface area contributed by atoms with Gasteiger partial charge in [-0.25, -0.2) is 0 Å². The van der Waals surface area contributed by atoms with E-state index in [9.17, 15) is 9.59 Å². The SMILES string of the molecule is Cn1c(=O)cc(C(=O)N2CCC(c3nc(N)n[nH]3)CC2)c2ccccc21. The van der Waals surface area contributed by atoms with Crippen LogP contribution in [0.3, 0.4) is 0 Å². The summed E-state index contributed by atoms with van der Waals surface area (Å²) < 4.78 is 1.56. The third-order valence-electron chi connectivity index (χ3n) is 5.07. The molecule has 1 amide bonds. The highest BCUT2D eigenvalue weighted by Gasteiger charge is 2.27. The fraction of sp³-hybridized carbons (Fsp3) is 0.333. The smallest absolute Gasteiger partial charge is 0.254 e. The van der Waals surface area contributed by atoms with Gasteiger partial charge in [-0.3, -0.25) is 14.7 Å². The number of nitrogens with zero attached hydrogens (tertiary/aromatic N) is 4. The van der Waals surface area contributed by atoms with Crippen LogP contribution in [0.15, 0.2) is 35.1 Å². The van der Waals surface area contributed by atoms with Gasteiger partial charge in [-0.05, 0) is 18.9 Å². The van der Waals surface area contributed by atoms with Crippen LogP contribution in [0.4, 0.5) is 5.95 Å². The lowest BCUT2D eigenvalue weighted by Crippen LogP contribution is -2.38. The molecule has 0 aliphatic carbocycles. The number of likely N-dealkylation sites (tertiary alicyclic amines) is 1. The zero-order chi connectivity index (χ0) is 18.3. The van der Waals surface area contributed by atoms with Crippen LogP contribution in [0.25, 0.3) is 10.9 Å². The number of H-pyrrole nitrogens is 1. The molecule has 1 aliphatic rings. The predicted octanol–water partition coefficient (Wildman–Crippen LogP) is 1.26. The van der Waals surface area contributed by atoms with Crippen molar-refractivity contribution in [2.45, 2.75) is 18.8 Å². The standard InChI is InChI=1S/C18H20N6O2/c1-23-14-5-3-2-4-12(14)13(10-15(23)25)17(26)24-8-6-11(7-9-24)16-20-18(19)22-21-16/h2-5,10-11H,6-9H2,1H3,(H3,19,20,21,22). The molecule has 26 heavy (non-hydrogen) atoms. The number of carbonyl (C=O) groups excluding carboxylic acids is 1. The maximum absolute atomic E-state index is 13.0. The van der Waals surface area contributed by atoms with Gasteiger partial charge in [0.05, 0.1) is 11.1 Å². The third-order valence-corrected chi connectivity index (χ3v) is 5.07. The Morgan fingerprint density at radius 1 is 1.27 bits per heavy atom. The van der Waals surface area contributed by atoms with E-state index < -0.39 is 0 Å². The molecule has 1 aromatic carbocycles. The number of carbonyl (C=O) groups is 1. The van der Waals surface area contributed by atoms with E-state index in [1.54, 1.807) is 16.5 Å². The summed E-state index contributed by atoms with van der Waals surface area (Å²) in [5.41, 5.74) is 6.61. The van der Waals surface area contributed by atoms with E-state index in [1.807, 2.05) is 24.3 Å². The summed E-state index contributed by atoms with van der Waals surface area (Å²) in [4.78, 5) is 31.3.